The van der Waals surface area contributed by atoms with Crippen molar-refractivity contribution in [3.8, 4) is 0 Å². The van der Waals surface area contributed by atoms with Crippen LogP contribution in [0.25, 0.3) is 0 Å². The van der Waals surface area contributed by atoms with Gasteiger partial charge in [-0.3, -0.25) is 15.0 Å². The van der Waals surface area contributed by atoms with Crippen LogP contribution in [0.4, 0.5) is 5.69 Å². The van der Waals surface area contributed by atoms with Gasteiger partial charge in [0.1, 0.15) is 0 Å². The quantitative estimate of drug-likeness (QED) is 0.294. The predicted octanol–water partition coefficient (Wildman–Crippen LogP) is 6.09. The lowest BCUT2D eigenvalue weighted by Gasteiger charge is -2.32. The van der Waals surface area contributed by atoms with E-state index in [-0.39, 0.29) is 28.6 Å². The summed E-state index contributed by atoms with van der Waals surface area (Å²) in [5.41, 5.74) is 3.76. The molecule has 4 nitrogen and oxygen atoms in total. The molecule has 0 bridgehead atoms. The topological polar surface area (TPSA) is 46.4 Å². The molecule has 3 aromatic carbocycles. The van der Waals surface area contributed by atoms with E-state index in [9.17, 15) is 10.1 Å². The second kappa shape index (κ2) is 8.41. The summed E-state index contributed by atoms with van der Waals surface area (Å²) in [6, 6.07) is 28.4. The molecule has 1 aliphatic rings. The van der Waals surface area contributed by atoms with E-state index in [0.717, 1.165) is 18.5 Å². The minimum atomic E-state index is -0.349. The highest BCUT2D eigenvalue weighted by atomic mass is 16.6. The lowest BCUT2D eigenvalue weighted by molar-refractivity contribution is -0.384. The summed E-state index contributed by atoms with van der Waals surface area (Å²) in [6.07, 6.45) is 3.01. The fourth-order valence-corrected chi connectivity index (χ4v) is 4.42. The summed E-state index contributed by atoms with van der Waals surface area (Å²) in [6.45, 7) is 4.91. The molecule has 3 atom stereocenters. The van der Waals surface area contributed by atoms with Crippen molar-refractivity contribution in [1.29, 1.82) is 0 Å². The minimum Gasteiger partial charge on any atom is -0.284 e. The molecule has 0 spiro atoms. The SMILES string of the molecule is C=C[C@@H]1C[C@H](c2ccccc2)N(Cc2ccccc2)[C@H]1c1ccc([N+](=O)[O-])cc1. The third kappa shape index (κ3) is 3.98. The molecule has 0 amide bonds. The molecular formula is C25H24N2O2. The Labute approximate surface area is 171 Å². The van der Waals surface area contributed by atoms with E-state index in [0.29, 0.717) is 0 Å². The van der Waals surface area contributed by atoms with Crippen LogP contribution in [0, 0.1) is 16.0 Å². The van der Waals surface area contributed by atoms with Crippen LogP contribution in [0.15, 0.2) is 97.6 Å². The molecule has 146 valence electrons. The molecule has 1 saturated heterocycles. The van der Waals surface area contributed by atoms with Gasteiger partial charge in [0.2, 0.25) is 0 Å². The van der Waals surface area contributed by atoms with E-state index >= 15 is 0 Å². The molecule has 0 aliphatic carbocycles. The first-order valence-corrected chi connectivity index (χ1v) is 9.89. The Hall–Kier alpha value is -3.24. The highest BCUT2D eigenvalue weighted by Crippen LogP contribution is 2.49. The Bertz CT molecular complexity index is 971. The van der Waals surface area contributed by atoms with Gasteiger partial charge in [-0.1, -0.05) is 78.9 Å². The average Bonchev–Trinajstić information content (AvgIpc) is 3.13. The molecule has 1 heterocycles. The van der Waals surface area contributed by atoms with Crippen LogP contribution in [-0.2, 0) is 6.54 Å². The standard InChI is InChI=1S/C25H24N2O2/c1-2-20-17-24(21-11-7-4-8-12-21)26(18-19-9-5-3-6-10-19)25(20)22-13-15-23(16-14-22)27(28)29/h2-16,20,24-25H,1,17-18H2/t20-,24-,25-/m1/s1. The maximum absolute atomic E-state index is 11.1. The molecule has 1 aliphatic heterocycles. The second-order valence-corrected chi connectivity index (χ2v) is 7.51. The van der Waals surface area contributed by atoms with Crippen molar-refractivity contribution >= 4 is 5.69 Å². The predicted molar refractivity (Wildman–Crippen MR) is 115 cm³/mol. The Morgan fingerprint density at radius 3 is 2.14 bits per heavy atom. The highest BCUT2D eigenvalue weighted by Gasteiger charge is 2.41. The largest absolute Gasteiger partial charge is 0.284 e. The van der Waals surface area contributed by atoms with E-state index in [4.69, 9.17) is 0 Å². The summed E-state index contributed by atoms with van der Waals surface area (Å²) >= 11 is 0. The molecule has 0 radical (unpaired) electrons. The Balaban J connectivity index is 1.74. The molecule has 3 aromatic rings. The van der Waals surface area contributed by atoms with E-state index in [1.807, 2.05) is 30.3 Å². The van der Waals surface area contributed by atoms with Crippen LogP contribution in [0.5, 0.6) is 0 Å². The summed E-state index contributed by atoms with van der Waals surface area (Å²) in [4.78, 5) is 13.2. The summed E-state index contributed by atoms with van der Waals surface area (Å²) < 4.78 is 0. The first kappa shape index (κ1) is 19.1. The molecule has 4 rings (SSSR count). The Kier molecular flexibility index (Phi) is 5.54. The third-order valence-electron chi connectivity index (χ3n) is 5.80. The van der Waals surface area contributed by atoms with Crippen molar-refractivity contribution in [2.24, 2.45) is 5.92 Å². The zero-order valence-electron chi connectivity index (χ0n) is 16.2. The summed E-state index contributed by atoms with van der Waals surface area (Å²) in [7, 11) is 0. The molecule has 0 unspecified atom stereocenters. The number of nitrogens with zero attached hydrogens (tertiary/aromatic N) is 2. The van der Waals surface area contributed by atoms with Crippen molar-refractivity contribution in [3.63, 3.8) is 0 Å². The molecule has 0 saturated carbocycles. The molecular weight excluding hydrogens is 360 g/mol. The van der Waals surface area contributed by atoms with E-state index in [2.05, 4.69) is 60.0 Å². The van der Waals surface area contributed by atoms with Crippen molar-refractivity contribution in [2.75, 3.05) is 0 Å². The number of rotatable bonds is 6. The summed E-state index contributed by atoms with van der Waals surface area (Å²) in [5.74, 6) is 0.269. The summed E-state index contributed by atoms with van der Waals surface area (Å²) in [5, 5.41) is 11.1. The van der Waals surface area contributed by atoms with Crippen molar-refractivity contribution in [2.45, 2.75) is 25.0 Å². The van der Waals surface area contributed by atoms with Crippen LogP contribution in [-0.4, -0.2) is 9.82 Å². The Morgan fingerprint density at radius 2 is 1.55 bits per heavy atom. The highest BCUT2D eigenvalue weighted by molar-refractivity contribution is 5.36. The lowest BCUT2D eigenvalue weighted by Crippen LogP contribution is -2.27. The van der Waals surface area contributed by atoms with Gasteiger partial charge in [-0.15, -0.1) is 6.58 Å². The maximum Gasteiger partial charge on any atom is 0.269 e. The van der Waals surface area contributed by atoms with Crippen LogP contribution in [0.1, 0.15) is 35.2 Å². The smallest absolute Gasteiger partial charge is 0.269 e. The zero-order valence-corrected chi connectivity index (χ0v) is 16.2. The van der Waals surface area contributed by atoms with Crippen LogP contribution < -0.4 is 0 Å². The molecule has 0 N–H and O–H groups in total. The molecule has 4 heteroatoms. The van der Waals surface area contributed by atoms with Gasteiger partial charge in [0, 0.05) is 30.8 Å². The molecule has 1 fully saturated rings. The maximum atomic E-state index is 11.1. The average molecular weight is 384 g/mol. The van der Waals surface area contributed by atoms with Crippen LogP contribution in [0.3, 0.4) is 0 Å². The number of non-ortho nitro benzene ring substituents is 1. The monoisotopic (exact) mass is 384 g/mol. The van der Waals surface area contributed by atoms with E-state index < -0.39 is 0 Å². The van der Waals surface area contributed by atoms with E-state index in [1.165, 1.54) is 11.1 Å². The fourth-order valence-electron chi connectivity index (χ4n) is 4.42. The van der Waals surface area contributed by atoms with E-state index in [1.54, 1.807) is 12.1 Å². The van der Waals surface area contributed by atoms with Crippen molar-refractivity contribution in [3.05, 3.63) is 124 Å². The van der Waals surface area contributed by atoms with Gasteiger partial charge in [0.05, 0.1) is 4.92 Å². The van der Waals surface area contributed by atoms with Crippen molar-refractivity contribution < 1.29 is 4.92 Å². The van der Waals surface area contributed by atoms with Crippen LogP contribution >= 0.6 is 0 Å². The first-order valence-electron chi connectivity index (χ1n) is 9.89. The molecule has 0 aromatic heterocycles. The lowest BCUT2D eigenvalue weighted by atomic mass is 9.92. The number of benzene rings is 3. The normalized spacial score (nSPS) is 21.7. The van der Waals surface area contributed by atoms with Gasteiger partial charge in [-0.05, 0) is 29.0 Å². The van der Waals surface area contributed by atoms with Gasteiger partial charge in [0.15, 0.2) is 0 Å². The van der Waals surface area contributed by atoms with Gasteiger partial charge >= 0.3 is 0 Å². The number of nitro benzene ring substituents is 1. The fraction of sp³-hybridized carbons (Fsp3) is 0.200. The number of likely N-dealkylation sites (tertiary alicyclic amines) is 1. The van der Waals surface area contributed by atoms with Gasteiger partial charge in [-0.2, -0.15) is 0 Å². The Morgan fingerprint density at radius 1 is 0.931 bits per heavy atom. The number of nitro groups is 1. The number of hydrogen-bond acceptors (Lipinski definition) is 3. The zero-order chi connectivity index (χ0) is 20.2. The number of hydrogen-bond donors (Lipinski definition) is 0. The van der Waals surface area contributed by atoms with Crippen molar-refractivity contribution in [1.82, 2.24) is 4.90 Å². The second-order valence-electron chi connectivity index (χ2n) is 7.51. The van der Waals surface area contributed by atoms with Gasteiger partial charge in [0.25, 0.3) is 5.69 Å². The minimum absolute atomic E-state index is 0.121. The van der Waals surface area contributed by atoms with Crippen LogP contribution in [0.2, 0.25) is 0 Å². The molecule has 29 heavy (non-hydrogen) atoms. The third-order valence-corrected chi connectivity index (χ3v) is 5.80. The van der Waals surface area contributed by atoms with Gasteiger partial charge in [-0.25, -0.2) is 0 Å². The first-order chi connectivity index (χ1) is 14.2. The van der Waals surface area contributed by atoms with Gasteiger partial charge < -0.3 is 0 Å².